The highest BCUT2D eigenvalue weighted by atomic mass is 28.3. The molecule has 0 N–H and O–H groups in total. The van der Waals surface area contributed by atoms with Crippen molar-refractivity contribution < 1.29 is 0 Å². The molecule has 142 valence electrons. The van der Waals surface area contributed by atoms with Gasteiger partial charge >= 0.3 is 0 Å². The average Bonchev–Trinajstić information content (AvgIpc) is 2.74. The fourth-order valence-corrected chi connectivity index (χ4v) is 8.08. The van der Waals surface area contributed by atoms with Crippen molar-refractivity contribution in [2.75, 3.05) is 0 Å². The minimum atomic E-state index is -0.363. The molecule has 27 heavy (non-hydrogen) atoms. The molecule has 0 bridgehead atoms. The van der Waals surface area contributed by atoms with Gasteiger partial charge in [0, 0.05) is 8.80 Å². The van der Waals surface area contributed by atoms with E-state index >= 15 is 0 Å². The summed E-state index contributed by atoms with van der Waals surface area (Å²) in [7, 11) is -0.363. The van der Waals surface area contributed by atoms with Crippen molar-refractivity contribution in [3.8, 4) is 17.2 Å². The summed E-state index contributed by atoms with van der Waals surface area (Å²) in [6, 6.07) is 23.9. The van der Waals surface area contributed by atoms with Gasteiger partial charge in [0.1, 0.15) is 0 Å². The summed E-state index contributed by atoms with van der Waals surface area (Å²) in [5, 5.41) is 8.92. The Hall–Kier alpha value is -1.85. The van der Waals surface area contributed by atoms with Crippen molar-refractivity contribution in [1.29, 1.82) is 5.26 Å². The van der Waals surface area contributed by atoms with Gasteiger partial charge in [-0.25, -0.2) is 0 Å². The topological polar surface area (TPSA) is 23.8 Å². The van der Waals surface area contributed by atoms with E-state index in [4.69, 9.17) is 5.26 Å². The molecule has 0 aliphatic carbocycles. The van der Waals surface area contributed by atoms with Gasteiger partial charge in [-0.1, -0.05) is 93.6 Å². The molecule has 0 spiro atoms. The average molecular weight is 376 g/mol. The molecule has 1 saturated heterocycles. The Labute approximate surface area is 167 Å². The first kappa shape index (κ1) is 19.9. The molecular formula is C25H33NSi. The highest BCUT2D eigenvalue weighted by molar-refractivity contribution is 6.58. The van der Waals surface area contributed by atoms with E-state index in [2.05, 4.69) is 37.3 Å². The molecular weight excluding hydrogens is 342 g/mol. The van der Waals surface area contributed by atoms with Crippen molar-refractivity contribution in [3.05, 3.63) is 59.7 Å². The fourth-order valence-electron chi connectivity index (χ4n) is 4.46. The smallest absolute Gasteiger partial charge is 0.0991 e. The molecule has 1 nitrogen and oxygen atoms in total. The first-order valence-corrected chi connectivity index (χ1v) is 13.3. The van der Waals surface area contributed by atoms with Crippen molar-refractivity contribution >= 4 is 8.80 Å². The Morgan fingerprint density at radius 2 is 1.56 bits per heavy atom. The second kappa shape index (κ2) is 10.5. The van der Waals surface area contributed by atoms with Crippen molar-refractivity contribution in [3.63, 3.8) is 0 Å². The minimum Gasteiger partial charge on any atom is -0.192 e. The van der Waals surface area contributed by atoms with Gasteiger partial charge < -0.3 is 0 Å². The van der Waals surface area contributed by atoms with Gasteiger partial charge in [0.25, 0.3) is 0 Å². The zero-order chi connectivity index (χ0) is 18.9. The van der Waals surface area contributed by atoms with Crippen molar-refractivity contribution in [2.45, 2.75) is 70.0 Å². The zero-order valence-electron chi connectivity index (χ0n) is 16.8. The van der Waals surface area contributed by atoms with Crippen LogP contribution in [-0.2, 0) is 6.42 Å². The first-order valence-electron chi connectivity index (χ1n) is 10.9. The number of hydrogen-bond acceptors (Lipinski definition) is 1. The van der Waals surface area contributed by atoms with E-state index in [0.29, 0.717) is 0 Å². The lowest BCUT2D eigenvalue weighted by Gasteiger charge is -2.27. The van der Waals surface area contributed by atoms with Crippen LogP contribution in [0.3, 0.4) is 0 Å². The minimum absolute atomic E-state index is 0.363. The Balaban J connectivity index is 1.43. The SMILES string of the molecule is CCCCC[SiH]1CCC(CCc2ccc(-c3ccc(C#N)cc3)cc2)CC1. The zero-order valence-corrected chi connectivity index (χ0v) is 17.9. The maximum absolute atomic E-state index is 8.92. The van der Waals surface area contributed by atoms with Crippen LogP contribution in [0.5, 0.6) is 0 Å². The van der Waals surface area contributed by atoms with E-state index in [0.717, 1.165) is 11.5 Å². The molecule has 2 aromatic rings. The number of rotatable bonds is 8. The van der Waals surface area contributed by atoms with E-state index < -0.39 is 0 Å². The predicted octanol–water partition coefficient (Wildman–Crippen LogP) is 6.99. The second-order valence-corrected chi connectivity index (χ2v) is 11.8. The van der Waals surface area contributed by atoms with Crippen LogP contribution in [0.4, 0.5) is 0 Å². The van der Waals surface area contributed by atoms with Crippen LogP contribution in [-0.4, -0.2) is 8.80 Å². The lowest BCUT2D eigenvalue weighted by molar-refractivity contribution is 0.437. The van der Waals surface area contributed by atoms with Crippen LogP contribution >= 0.6 is 0 Å². The van der Waals surface area contributed by atoms with E-state index in [1.165, 1.54) is 61.6 Å². The Morgan fingerprint density at radius 1 is 0.926 bits per heavy atom. The molecule has 0 radical (unpaired) electrons. The quantitative estimate of drug-likeness (QED) is 0.360. The molecule has 1 aliphatic heterocycles. The third-order valence-electron chi connectivity index (χ3n) is 6.32. The standard InChI is InChI=1S/C25H33NSi/c1-2-3-4-17-27-18-15-22(16-19-27)6-5-21-7-11-24(12-8-21)25-13-9-23(20-26)10-14-25/h7-14,22,27H,2-6,15-19H2,1H3. The molecule has 3 rings (SSSR count). The Kier molecular flexibility index (Phi) is 7.72. The number of unbranched alkanes of at least 4 members (excludes halogenated alkanes) is 2. The summed E-state index contributed by atoms with van der Waals surface area (Å²) in [6.45, 7) is 2.31. The molecule has 0 unspecified atom stereocenters. The molecule has 0 amide bonds. The highest BCUT2D eigenvalue weighted by Crippen LogP contribution is 2.31. The molecule has 0 aromatic heterocycles. The van der Waals surface area contributed by atoms with E-state index in [1.54, 1.807) is 18.1 Å². The van der Waals surface area contributed by atoms with Gasteiger partial charge in [-0.3, -0.25) is 0 Å². The summed E-state index contributed by atoms with van der Waals surface area (Å²) >= 11 is 0. The molecule has 1 heterocycles. The van der Waals surface area contributed by atoms with E-state index in [-0.39, 0.29) is 8.80 Å². The number of hydrogen-bond donors (Lipinski definition) is 0. The summed E-state index contributed by atoms with van der Waals surface area (Å²) < 4.78 is 0. The Bertz CT molecular complexity index is 718. The van der Waals surface area contributed by atoms with Crippen LogP contribution in [0.15, 0.2) is 48.5 Å². The third kappa shape index (κ3) is 6.08. The van der Waals surface area contributed by atoms with Crippen LogP contribution in [0, 0.1) is 17.2 Å². The molecule has 2 heteroatoms. The van der Waals surface area contributed by atoms with Gasteiger partial charge in [0.05, 0.1) is 11.6 Å². The summed E-state index contributed by atoms with van der Waals surface area (Å²) in [6.07, 6.45) is 9.92. The molecule has 1 fully saturated rings. The highest BCUT2D eigenvalue weighted by Gasteiger charge is 2.21. The van der Waals surface area contributed by atoms with Crippen LogP contribution in [0.2, 0.25) is 18.1 Å². The summed E-state index contributed by atoms with van der Waals surface area (Å²) in [4.78, 5) is 0. The maximum atomic E-state index is 8.92. The number of nitrogens with zero attached hydrogens (tertiary/aromatic N) is 1. The van der Waals surface area contributed by atoms with Gasteiger partial charge in [-0.05, 0) is 47.6 Å². The third-order valence-corrected chi connectivity index (χ3v) is 9.85. The van der Waals surface area contributed by atoms with Crippen LogP contribution in [0.25, 0.3) is 11.1 Å². The van der Waals surface area contributed by atoms with Gasteiger partial charge in [0.2, 0.25) is 0 Å². The second-order valence-electron chi connectivity index (χ2n) is 8.31. The van der Waals surface area contributed by atoms with Gasteiger partial charge in [-0.15, -0.1) is 0 Å². The van der Waals surface area contributed by atoms with E-state index in [9.17, 15) is 0 Å². The molecule has 1 aliphatic rings. The normalized spacial score (nSPS) is 19.6. The molecule has 0 atom stereocenters. The largest absolute Gasteiger partial charge is 0.192 e. The first-order chi connectivity index (χ1) is 13.3. The number of aryl methyl sites for hydroxylation is 1. The van der Waals surface area contributed by atoms with Crippen molar-refractivity contribution in [2.24, 2.45) is 5.92 Å². The fraction of sp³-hybridized carbons (Fsp3) is 0.480. The lowest BCUT2D eigenvalue weighted by Crippen LogP contribution is -2.21. The monoisotopic (exact) mass is 375 g/mol. The predicted molar refractivity (Wildman–Crippen MR) is 119 cm³/mol. The van der Waals surface area contributed by atoms with Crippen molar-refractivity contribution in [1.82, 2.24) is 0 Å². The van der Waals surface area contributed by atoms with Crippen LogP contribution in [0.1, 0.15) is 56.6 Å². The number of nitriles is 1. The van der Waals surface area contributed by atoms with Gasteiger partial charge in [0.15, 0.2) is 0 Å². The molecule has 2 aromatic carbocycles. The van der Waals surface area contributed by atoms with E-state index in [1.807, 2.05) is 24.3 Å². The van der Waals surface area contributed by atoms with Gasteiger partial charge in [-0.2, -0.15) is 5.26 Å². The summed E-state index contributed by atoms with van der Waals surface area (Å²) in [5.74, 6) is 0.970. The lowest BCUT2D eigenvalue weighted by atomic mass is 9.93. The molecule has 0 saturated carbocycles. The summed E-state index contributed by atoms with van der Waals surface area (Å²) in [5.41, 5.74) is 4.61. The number of benzene rings is 2. The maximum Gasteiger partial charge on any atom is 0.0991 e. The Morgan fingerprint density at radius 3 is 2.15 bits per heavy atom. The van der Waals surface area contributed by atoms with Crippen LogP contribution < -0.4 is 0 Å².